The van der Waals surface area contributed by atoms with Gasteiger partial charge in [-0.05, 0) is 13.8 Å². The fourth-order valence-corrected chi connectivity index (χ4v) is 1.15. The SMILES string of the molecule is CCOC(=O)c1nsnc1C. The molecule has 11 heavy (non-hydrogen) atoms. The van der Waals surface area contributed by atoms with E-state index in [2.05, 4.69) is 8.75 Å². The molecule has 0 unspecified atom stereocenters. The van der Waals surface area contributed by atoms with Gasteiger partial charge in [-0.2, -0.15) is 8.75 Å². The summed E-state index contributed by atoms with van der Waals surface area (Å²) in [5.74, 6) is -0.390. The topological polar surface area (TPSA) is 52.1 Å². The van der Waals surface area contributed by atoms with Crippen molar-refractivity contribution >= 4 is 17.7 Å². The second kappa shape index (κ2) is 3.43. The number of hydrogen-bond donors (Lipinski definition) is 0. The van der Waals surface area contributed by atoms with Crippen molar-refractivity contribution < 1.29 is 9.53 Å². The van der Waals surface area contributed by atoms with E-state index in [1.807, 2.05) is 0 Å². The maximum absolute atomic E-state index is 11.0. The zero-order valence-corrected chi connectivity index (χ0v) is 7.14. The molecule has 4 nitrogen and oxygen atoms in total. The molecule has 0 saturated carbocycles. The zero-order valence-electron chi connectivity index (χ0n) is 6.33. The van der Waals surface area contributed by atoms with Gasteiger partial charge in [-0.3, -0.25) is 0 Å². The van der Waals surface area contributed by atoms with Gasteiger partial charge in [-0.15, -0.1) is 0 Å². The van der Waals surface area contributed by atoms with Crippen LogP contribution in [-0.4, -0.2) is 21.3 Å². The first-order valence-electron chi connectivity index (χ1n) is 3.22. The van der Waals surface area contributed by atoms with Crippen molar-refractivity contribution in [1.29, 1.82) is 0 Å². The highest BCUT2D eigenvalue weighted by atomic mass is 32.1. The Balaban J connectivity index is 2.76. The molecule has 0 N–H and O–H groups in total. The monoisotopic (exact) mass is 172 g/mol. The number of ether oxygens (including phenoxy) is 1. The molecule has 0 aliphatic carbocycles. The largest absolute Gasteiger partial charge is 0.461 e. The molecular formula is C6H8N2O2S. The third kappa shape index (κ3) is 1.74. The molecule has 0 fully saturated rings. The third-order valence-corrected chi connectivity index (χ3v) is 1.74. The van der Waals surface area contributed by atoms with Crippen LogP contribution in [0.3, 0.4) is 0 Å². The van der Waals surface area contributed by atoms with Gasteiger partial charge in [0, 0.05) is 0 Å². The summed E-state index contributed by atoms with van der Waals surface area (Å²) < 4.78 is 12.4. The van der Waals surface area contributed by atoms with Crippen LogP contribution in [0, 0.1) is 6.92 Å². The number of hydrogen-bond acceptors (Lipinski definition) is 5. The first-order valence-corrected chi connectivity index (χ1v) is 3.95. The van der Waals surface area contributed by atoms with E-state index in [0.717, 1.165) is 11.7 Å². The van der Waals surface area contributed by atoms with E-state index in [1.54, 1.807) is 13.8 Å². The molecule has 0 bridgehead atoms. The van der Waals surface area contributed by atoms with Crippen LogP contribution in [0.2, 0.25) is 0 Å². The lowest BCUT2D eigenvalue weighted by molar-refractivity contribution is 0.0520. The van der Waals surface area contributed by atoms with E-state index in [1.165, 1.54) is 0 Å². The summed E-state index contributed by atoms with van der Waals surface area (Å²) in [5.41, 5.74) is 0.963. The Morgan fingerprint density at radius 1 is 1.64 bits per heavy atom. The summed E-state index contributed by atoms with van der Waals surface area (Å²) in [6, 6.07) is 0. The minimum atomic E-state index is -0.390. The normalized spacial score (nSPS) is 9.64. The molecule has 0 amide bonds. The summed E-state index contributed by atoms with van der Waals surface area (Å²) in [7, 11) is 0. The molecule has 0 radical (unpaired) electrons. The van der Waals surface area contributed by atoms with E-state index in [9.17, 15) is 4.79 Å². The third-order valence-electron chi connectivity index (χ3n) is 1.12. The highest BCUT2D eigenvalue weighted by Crippen LogP contribution is 2.05. The Labute approximate surface area is 68.5 Å². The maximum atomic E-state index is 11.0. The predicted molar refractivity (Wildman–Crippen MR) is 40.6 cm³/mol. The predicted octanol–water partition coefficient (Wildman–Crippen LogP) is 1.02. The van der Waals surface area contributed by atoms with E-state index < -0.39 is 5.97 Å². The smallest absolute Gasteiger partial charge is 0.360 e. The molecule has 60 valence electrons. The number of carbonyl (C=O) groups is 1. The molecule has 0 aliphatic rings. The summed E-state index contributed by atoms with van der Waals surface area (Å²) in [5, 5.41) is 0. The van der Waals surface area contributed by atoms with Crippen molar-refractivity contribution in [3.63, 3.8) is 0 Å². The van der Waals surface area contributed by atoms with Gasteiger partial charge in [-0.25, -0.2) is 4.79 Å². The highest BCUT2D eigenvalue weighted by molar-refractivity contribution is 6.99. The second-order valence-electron chi connectivity index (χ2n) is 1.92. The Bertz CT molecular complexity index is 259. The fourth-order valence-electron chi connectivity index (χ4n) is 0.616. The quantitative estimate of drug-likeness (QED) is 0.625. The van der Waals surface area contributed by atoms with Crippen molar-refractivity contribution in [2.24, 2.45) is 0 Å². The minimum Gasteiger partial charge on any atom is -0.461 e. The maximum Gasteiger partial charge on any atom is 0.360 e. The number of aromatic nitrogens is 2. The van der Waals surface area contributed by atoms with Gasteiger partial charge in [0.05, 0.1) is 24.0 Å². The Hall–Kier alpha value is -0.970. The van der Waals surface area contributed by atoms with Crippen LogP contribution in [0.5, 0.6) is 0 Å². The number of esters is 1. The molecule has 0 saturated heterocycles. The molecular weight excluding hydrogens is 164 g/mol. The lowest BCUT2D eigenvalue weighted by Gasteiger charge is -1.96. The van der Waals surface area contributed by atoms with Crippen LogP contribution in [-0.2, 0) is 4.74 Å². The van der Waals surface area contributed by atoms with Crippen LogP contribution < -0.4 is 0 Å². The molecule has 0 aromatic carbocycles. The van der Waals surface area contributed by atoms with Gasteiger partial charge < -0.3 is 4.74 Å². The average molecular weight is 172 g/mol. The van der Waals surface area contributed by atoms with E-state index in [-0.39, 0.29) is 0 Å². The van der Waals surface area contributed by atoms with Crippen molar-refractivity contribution in [3.8, 4) is 0 Å². The van der Waals surface area contributed by atoms with Gasteiger partial charge in [0.2, 0.25) is 0 Å². The van der Waals surface area contributed by atoms with Crippen molar-refractivity contribution in [1.82, 2.24) is 8.75 Å². The van der Waals surface area contributed by atoms with Crippen molar-refractivity contribution in [2.75, 3.05) is 6.61 Å². The summed E-state index contributed by atoms with van der Waals surface area (Å²) in [6.07, 6.45) is 0. The fraction of sp³-hybridized carbons (Fsp3) is 0.500. The van der Waals surface area contributed by atoms with Crippen LogP contribution in [0.4, 0.5) is 0 Å². The molecule has 5 heteroatoms. The molecule has 0 spiro atoms. The molecule has 1 aromatic rings. The number of carbonyl (C=O) groups excluding carboxylic acids is 1. The first-order chi connectivity index (χ1) is 5.25. The van der Waals surface area contributed by atoms with Crippen molar-refractivity contribution in [2.45, 2.75) is 13.8 Å². The van der Waals surface area contributed by atoms with Crippen LogP contribution in [0.1, 0.15) is 23.1 Å². The lowest BCUT2D eigenvalue weighted by Crippen LogP contribution is -2.06. The van der Waals surface area contributed by atoms with Gasteiger partial charge in [0.25, 0.3) is 0 Å². The van der Waals surface area contributed by atoms with Crippen molar-refractivity contribution in [3.05, 3.63) is 11.4 Å². The van der Waals surface area contributed by atoms with Crippen LogP contribution in [0.25, 0.3) is 0 Å². The van der Waals surface area contributed by atoms with E-state index >= 15 is 0 Å². The summed E-state index contributed by atoms with van der Waals surface area (Å²) >= 11 is 1.02. The first kappa shape index (κ1) is 8.13. The standard InChI is InChI=1S/C6H8N2O2S/c1-3-10-6(9)5-4(2)7-11-8-5/h3H2,1-2H3. The zero-order chi connectivity index (χ0) is 8.27. The van der Waals surface area contributed by atoms with Gasteiger partial charge >= 0.3 is 5.97 Å². The summed E-state index contributed by atoms with van der Waals surface area (Å²) in [6.45, 7) is 3.86. The minimum absolute atomic E-state index is 0.330. The Morgan fingerprint density at radius 3 is 2.82 bits per heavy atom. The van der Waals surface area contributed by atoms with Gasteiger partial charge in [-0.1, -0.05) is 0 Å². The molecule has 1 rings (SSSR count). The lowest BCUT2D eigenvalue weighted by atomic mass is 10.3. The van der Waals surface area contributed by atoms with Crippen LogP contribution >= 0.6 is 11.7 Å². The number of rotatable bonds is 2. The number of nitrogens with zero attached hydrogens (tertiary/aromatic N) is 2. The summed E-state index contributed by atoms with van der Waals surface area (Å²) in [4.78, 5) is 11.0. The van der Waals surface area contributed by atoms with Gasteiger partial charge in [0.15, 0.2) is 5.69 Å². The molecule has 0 atom stereocenters. The average Bonchev–Trinajstić information content (AvgIpc) is 2.36. The number of aryl methyl sites for hydroxylation is 1. The van der Waals surface area contributed by atoms with E-state index in [4.69, 9.17) is 4.74 Å². The second-order valence-corrected chi connectivity index (χ2v) is 2.45. The Kier molecular flexibility index (Phi) is 2.53. The van der Waals surface area contributed by atoms with Gasteiger partial charge in [0.1, 0.15) is 0 Å². The highest BCUT2D eigenvalue weighted by Gasteiger charge is 2.13. The molecule has 1 aromatic heterocycles. The molecule has 0 aliphatic heterocycles. The Morgan fingerprint density at radius 2 is 2.36 bits per heavy atom. The van der Waals surface area contributed by atoms with Crippen LogP contribution in [0.15, 0.2) is 0 Å². The van der Waals surface area contributed by atoms with E-state index in [0.29, 0.717) is 18.0 Å². The molecule has 1 heterocycles.